The Morgan fingerprint density at radius 2 is 1.02 bits per heavy atom. The fourth-order valence-corrected chi connectivity index (χ4v) is 9.62. The minimum Gasteiger partial charge on any atom is -0.310 e. The van der Waals surface area contributed by atoms with Gasteiger partial charge in [-0.15, -0.1) is 0 Å². The van der Waals surface area contributed by atoms with Gasteiger partial charge in [0, 0.05) is 27.6 Å². The second-order valence-corrected chi connectivity index (χ2v) is 17.0. The molecule has 0 amide bonds. The van der Waals surface area contributed by atoms with Gasteiger partial charge in [0.25, 0.3) is 0 Å². The lowest BCUT2D eigenvalue weighted by molar-refractivity contribution is 0.590. The van der Waals surface area contributed by atoms with Crippen LogP contribution in [0.15, 0.2) is 133 Å². The van der Waals surface area contributed by atoms with Crippen molar-refractivity contribution in [3.05, 3.63) is 161 Å². The standard InChI is InChI=1S/C50H43N/c1-48(2,3)32-19-21-33(22-20-32)51(34-23-26-42-39(29-34)35-12-8-10-14-40(35)49(42,4)5)44-27-18-30-16-17-31-28-43-47(38-25-24-37(44)45(30)46(31)38)36-13-9-11-15-41(36)50(43,6)7/h8-29H,1-7H3. The molecule has 0 unspecified atom stereocenters. The Morgan fingerprint density at radius 1 is 0.451 bits per heavy atom. The van der Waals surface area contributed by atoms with E-state index in [0.29, 0.717) is 0 Å². The highest BCUT2D eigenvalue weighted by Gasteiger charge is 2.38. The van der Waals surface area contributed by atoms with E-state index in [4.69, 9.17) is 0 Å². The summed E-state index contributed by atoms with van der Waals surface area (Å²) < 4.78 is 0. The smallest absolute Gasteiger partial charge is 0.0540 e. The third-order valence-electron chi connectivity index (χ3n) is 12.4. The Hall–Kier alpha value is -5.40. The molecule has 0 heterocycles. The molecule has 0 spiro atoms. The predicted molar refractivity (Wildman–Crippen MR) is 219 cm³/mol. The molecule has 0 N–H and O–H groups in total. The summed E-state index contributed by atoms with van der Waals surface area (Å²) in [6.07, 6.45) is 0. The van der Waals surface area contributed by atoms with Crippen LogP contribution in [0.5, 0.6) is 0 Å². The maximum atomic E-state index is 2.50. The summed E-state index contributed by atoms with van der Waals surface area (Å²) >= 11 is 0. The minimum absolute atomic E-state index is 0.0376. The third-order valence-corrected chi connectivity index (χ3v) is 12.4. The summed E-state index contributed by atoms with van der Waals surface area (Å²) in [5, 5.41) is 7.94. The van der Waals surface area contributed by atoms with E-state index in [1.165, 1.54) is 99.5 Å². The van der Waals surface area contributed by atoms with Crippen molar-refractivity contribution in [2.45, 2.75) is 64.7 Å². The van der Waals surface area contributed by atoms with Crippen molar-refractivity contribution in [3.8, 4) is 22.3 Å². The number of rotatable bonds is 3. The lowest BCUT2D eigenvalue weighted by atomic mass is 9.80. The van der Waals surface area contributed by atoms with E-state index in [9.17, 15) is 0 Å². The van der Waals surface area contributed by atoms with E-state index in [-0.39, 0.29) is 16.2 Å². The van der Waals surface area contributed by atoms with Crippen molar-refractivity contribution >= 4 is 49.4 Å². The quantitative estimate of drug-likeness (QED) is 0.171. The van der Waals surface area contributed by atoms with Crippen LogP contribution in [0.2, 0.25) is 0 Å². The maximum Gasteiger partial charge on any atom is 0.0540 e. The van der Waals surface area contributed by atoms with Crippen LogP contribution >= 0.6 is 0 Å². The zero-order valence-electron chi connectivity index (χ0n) is 30.6. The van der Waals surface area contributed by atoms with Crippen molar-refractivity contribution in [2.75, 3.05) is 4.90 Å². The molecule has 2 aliphatic carbocycles. The molecule has 51 heavy (non-hydrogen) atoms. The first-order valence-corrected chi connectivity index (χ1v) is 18.4. The molecule has 8 aromatic carbocycles. The van der Waals surface area contributed by atoms with Gasteiger partial charge in [0.05, 0.1) is 5.69 Å². The Labute approximate surface area is 301 Å². The van der Waals surface area contributed by atoms with E-state index >= 15 is 0 Å². The Kier molecular flexibility index (Phi) is 6.03. The Bertz CT molecular complexity index is 2720. The molecule has 1 heteroatoms. The molecule has 0 saturated carbocycles. The molecule has 0 bridgehead atoms. The molecule has 1 nitrogen and oxygen atoms in total. The largest absolute Gasteiger partial charge is 0.310 e. The van der Waals surface area contributed by atoms with Crippen molar-refractivity contribution in [1.29, 1.82) is 0 Å². The van der Waals surface area contributed by atoms with E-state index < -0.39 is 0 Å². The van der Waals surface area contributed by atoms with Crippen LogP contribution in [0.3, 0.4) is 0 Å². The second-order valence-electron chi connectivity index (χ2n) is 17.0. The summed E-state index contributed by atoms with van der Waals surface area (Å²) in [6, 6.07) is 51.0. The lowest BCUT2D eigenvalue weighted by Crippen LogP contribution is -2.16. The van der Waals surface area contributed by atoms with Gasteiger partial charge in [-0.3, -0.25) is 0 Å². The number of benzene rings is 8. The molecular formula is C50H43N. The van der Waals surface area contributed by atoms with Crippen molar-refractivity contribution in [3.63, 3.8) is 0 Å². The summed E-state index contributed by atoms with van der Waals surface area (Å²) in [5.74, 6) is 0. The molecule has 10 rings (SSSR count). The van der Waals surface area contributed by atoms with Crippen LogP contribution in [-0.2, 0) is 16.2 Å². The first-order valence-electron chi connectivity index (χ1n) is 18.4. The molecule has 0 saturated heterocycles. The van der Waals surface area contributed by atoms with Crippen molar-refractivity contribution in [2.24, 2.45) is 0 Å². The number of fused-ring (bicyclic) bond motifs is 7. The molecule has 0 radical (unpaired) electrons. The Morgan fingerprint density at radius 3 is 1.76 bits per heavy atom. The molecule has 8 aromatic rings. The zero-order chi connectivity index (χ0) is 35.0. The first-order chi connectivity index (χ1) is 24.4. The third kappa shape index (κ3) is 4.09. The number of nitrogens with zero attached hydrogens (tertiary/aromatic N) is 1. The van der Waals surface area contributed by atoms with Crippen LogP contribution in [-0.4, -0.2) is 0 Å². The fourth-order valence-electron chi connectivity index (χ4n) is 9.62. The highest BCUT2D eigenvalue weighted by Crippen LogP contribution is 2.55. The zero-order valence-corrected chi connectivity index (χ0v) is 30.6. The molecule has 2 aliphatic rings. The molecular weight excluding hydrogens is 615 g/mol. The normalized spacial score (nSPS) is 15.3. The van der Waals surface area contributed by atoms with Gasteiger partial charge in [-0.05, 0) is 119 Å². The molecule has 0 atom stereocenters. The summed E-state index contributed by atoms with van der Waals surface area (Å²) in [4.78, 5) is 2.50. The number of anilines is 3. The van der Waals surface area contributed by atoms with E-state index in [0.717, 1.165) is 0 Å². The second kappa shape index (κ2) is 10.1. The highest BCUT2D eigenvalue weighted by atomic mass is 15.1. The van der Waals surface area contributed by atoms with Gasteiger partial charge in [0.1, 0.15) is 0 Å². The summed E-state index contributed by atoms with van der Waals surface area (Å²) in [6.45, 7) is 16.3. The molecule has 0 fully saturated rings. The first kappa shape index (κ1) is 30.4. The predicted octanol–water partition coefficient (Wildman–Crippen LogP) is 14.0. The van der Waals surface area contributed by atoms with Gasteiger partial charge in [-0.1, -0.05) is 146 Å². The molecule has 248 valence electrons. The minimum atomic E-state index is -0.0433. The lowest BCUT2D eigenvalue weighted by Gasteiger charge is -2.30. The van der Waals surface area contributed by atoms with Gasteiger partial charge in [-0.2, -0.15) is 0 Å². The summed E-state index contributed by atoms with van der Waals surface area (Å²) in [7, 11) is 0. The van der Waals surface area contributed by atoms with Crippen LogP contribution in [0.25, 0.3) is 54.6 Å². The average molecular weight is 658 g/mol. The molecule has 0 aromatic heterocycles. The van der Waals surface area contributed by atoms with E-state index in [2.05, 4.69) is 187 Å². The van der Waals surface area contributed by atoms with Crippen LogP contribution in [0.1, 0.15) is 76.3 Å². The monoisotopic (exact) mass is 657 g/mol. The van der Waals surface area contributed by atoms with E-state index in [1.54, 1.807) is 0 Å². The fraction of sp³-hybridized carbons (Fsp3) is 0.200. The van der Waals surface area contributed by atoms with Gasteiger partial charge in [-0.25, -0.2) is 0 Å². The van der Waals surface area contributed by atoms with Gasteiger partial charge >= 0.3 is 0 Å². The summed E-state index contributed by atoms with van der Waals surface area (Å²) in [5.41, 5.74) is 16.0. The molecule has 0 aliphatic heterocycles. The number of hydrogen-bond acceptors (Lipinski definition) is 1. The van der Waals surface area contributed by atoms with Crippen LogP contribution in [0, 0.1) is 0 Å². The van der Waals surface area contributed by atoms with Gasteiger partial charge < -0.3 is 4.90 Å². The maximum absolute atomic E-state index is 2.50. The number of hydrogen-bond donors (Lipinski definition) is 0. The van der Waals surface area contributed by atoms with Crippen molar-refractivity contribution < 1.29 is 0 Å². The highest BCUT2D eigenvalue weighted by molar-refractivity contribution is 6.28. The van der Waals surface area contributed by atoms with Gasteiger partial charge in [0.15, 0.2) is 0 Å². The average Bonchev–Trinajstić information content (AvgIpc) is 3.50. The van der Waals surface area contributed by atoms with Crippen LogP contribution < -0.4 is 4.90 Å². The SMILES string of the molecule is CC(C)(C)c1ccc(N(c2ccc3c(c2)-c2ccccc2C3(C)C)c2ccc3ccc4cc5c(c6ccc2c3c46)-c2ccccc2C5(C)C)cc1. The topological polar surface area (TPSA) is 3.24 Å². The van der Waals surface area contributed by atoms with Gasteiger partial charge in [0.2, 0.25) is 0 Å². The van der Waals surface area contributed by atoms with E-state index in [1.807, 2.05) is 0 Å². The van der Waals surface area contributed by atoms with Crippen molar-refractivity contribution in [1.82, 2.24) is 0 Å². The Balaban J connectivity index is 1.25. The van der Waals surface area contributed by atoms with Crippen LogP contribution in [0.4, 0.5) is 17.1 Å².